The molecular formula is C27H40O9. The van der Waals surface area contributed by atoms with E-state index in [1.165, 1.54) is 6.92 Å². The molecule has 3 saturated carbocycles. The molecular weight excluding hydrogens is 468 g/mol. The summed E-state index contributed by atoms with van der Waals surface area (Å²) in [4.78, 5) is 25.0. The van der Waals surface area contributed by atoms with Crippen molar-refractivity contribution in [1.82, 2.24) is 0 Å². The van der Waals surface area contributed by atoms with Crippen LogP contribution in [0.15, 0.2) is 11.6 Å². The van der Waals surface area contributed by atoms with Gasteiger partial charge in [-0.25, -0.2) is 0 Å². The van der Waals surface area contributed by atoms with Crippen molar-refractivity contribution in [3.05, 3.63) is 11.6 Å². The number of hydrogen-bond acceptors (Lipinski definition) is 9. The van der Waals surface area contributed by atoms with Crippen LogP contribution in [0.1, 0.15) is 65.7 Å². The van der Waals surface area contributed by atoms with Crippen LogP contribution in [0, 0.1) is 28.6 Å². The Morgan fingerprint density at radius 1 is 1.08 bits per heavy atom. The zero-order valence-corrected chi connectivity index (χ0v) is 21.3. The molecule has 1 aliphatic heterocycles. The van der Waals surface area contributed by atoms with Gasteiger partial charge in [0.1, 0.15) is 35.8 Å². The van der Waals surface area contributed by atoms with Gasteiger partial charge in [0.05, 0.1) is 12.7 Å². The molecule has 1 heterocycles. The monoisotopic (exact) mass is 508 g/mol. The van der Waals surface area contributed by atoms with Crippen LogP contribution < -0.4 is 0 Å². The predicted octanol–water partition coefficient (Wildman–Crippen LogP) is 0.633. The van der Waals surface area contributed by atoms with Crippen LogP contribution in [0.5, 0.6) is 0 Å². The van der Waals surface area contributed by atoms with Crippen LogP contribution in [-0.2, 0) is 19.1 Å². The summed E-state index contributed by atoms with van der Waals surface area (Å²) in [5, 5.41) is 53.4. The maximum absolute atomic E-state index is 12.8. The molecule has 9 nitrogen and oxygen atoms in total. The molecule has 0 radical (unpaired) electrons. The van der Waals surface area contributed by atoms with Gasteiger partial charge < -0.3 is 35.0 Å². The Morgan fingerprint density at radius 2 is 1.81 bits per heavy atom. The lowest BCUT2D eigenvalue weighted by Gasteiger charge is -2.62. The highest BCUT2D eigenvalue weighted by atomic mass is 16.7. The number of rotatable bonds is 4. The number of allylic oxidation sites excluding steroid dienone is 1. The summed E-state index contributed by atoms with van der Waals surface area (Å²) in [5.74, 6) is -0.404. The van der Waals surface area contributed by atoms with Crippen molar-refractivity contribution in [3.8, 4) is 0 Å². The molecule has 12 unspecified atom stereocenters. The Kier molecular flexibility index (Phi) is 6.55. The van der Waals surface area contributed by atoms with Crippen molar-refractivity contribution in [2.45, 2.75) is 108 Å². The smallest absolute Gasteiger partial charge is 0.187 e. The Balaban J connectivity index is 1.51. The molecule has 0 spiro atoms. The number of carbonyl (C=O) groups is 2. The van der Waals surface area contributed by atoms with Gasteiger partial charge in [0.15, 0.2) is 12.1 Å². The van der Waals surface area contributed by atoms with E-state index in [1.54, 1.807) is 6.08 Å². The fourth-order valence-corrected chi connectivity index (χ4v) is 8.67. The fraction of sp³-hybridized carbons (Fsp3) is 0.852. The lowest BCUT2D eigenvalue weighted by molar-refractivity contribution is -0.332. The second kappa shape index (κ2) is 8.93. The third-order valence-corrected chi connectivity index (χ3v) is 10.8. The summed E-state index contributed by atoms with van der Waals surface area (Å²) >= 11 is 0. The van der Waals surface area contributed by atoms with E-state index in [4.69, 9.17) is 9.47 Å². The van der Waals surface area contributed by atoms with Gasteiger partial charge in [-0.05, 0) is 68.8 Å². The fourth-order valence-electron chi connectivity index (χ4n) is 8.67. The number of carbonyl (C=O) groups excluding carboxylic acids is 2. The zero-order chi connectivity index (χ0) is 26.2. The average molecular weight is 509 g/mol. The van der Waals surface area contributed by atoms with E-state index >= 15 is 0 Å². The number of hydrogen-bond donors (Lipinski definition) is 5. The van der Waals surface area contributed by atoms with E-state index in [0.29, 0.717) is 25.7 Å². The summed E-state index contributed by atoms with van der Waals surface area (Å²) < 4.78 is 11.9. The highest BCUT2D eigenvalue weighted by Gasteiger charge is 2.72. The summed E-state index contributed by atoms with van der Waals surface area (Å²) in [7, 11) is 0. The standard InChI is InChI=1S/C27H40O9/c1-13(29)18-11-20(36-24-23(33)22(32)21(31)19(12-28)35-24)27(34)17-5-4-14-10-15(30)6-8-25(14,2)16(17)7-9-26(18,27)3/h10,16-24,28,31-34H,4-9,11-12H2,1-3H3. The first-order valence-electron chi connectivity index (χ1n) is 13.3. The molecule has 12 atom stereocenters. The molecule has 0 aromatic heterocycles. The van der Waals surface area contributed by atoms with Crippen LogP contribution in [0.2, 0.25) is 0 Å². The van der Waals surface area contributed by atoms with Crippen molar-refractivity contribution < 1.29 is 44.6 Å². The van der Waals surface area contributed by atoms with Gasteiger partial charge in [-0.1, -0.05) is 19.4 Å². The molecule has 5 N–H and O–H groups in total. The summed E-state index contributed by atoms with van der Waals surface area (Å²) in [6, 6.07) is 0. The van der Waals surface area contributed by atoms with Crippen LogP contribution in [-0.4, -0.2) is 86.1 Å². The molecule has 0 aromatic carbocycles. The van der Waals surface area contributed by atoms with E-state index < -0.39 is 60.4 Å². The van der Waals surface area contributed by atoms with Gasteiger partial charge in [-0.2, -0.15) is 0 Å². The molecule has 5 aliphatic rings. The van der Waals surface area contributed by atoms with Crippen molar-refractivity contribution in [2.75, 3.05) is 6.61 Å². The van der Waals surface area contributed by atoms with Crippen LogP contribution in [0.3, 0.4) is 0 Å². The first kappa shape index (κ1) is 26.4. The SMILES string of the molecule is CC(=O)C1CC(OC2OC(CO)C(O)C(O)C2O)C2(O)C3CCC4=CC(=O)CCC4(C)C3CCC12C. The molecule has 0 aromatic rings. The van der Waals surface area contributed by atoms with Crippen molar-refractivity contribution >= 4 is 11.6 Å². The molecule has 1 saturated heterocycles. The average Bonchev–Trinajstić information content (AvgIpc) is 3.07. The van der Waals surface area contributed by atoms with Gasteiger partial charge in [0, 0.05) is 17.8 Å². The predicted molar refractivity (Wildman–Crippen MR) is 126 cm³/mol. The second-order valence-electron chi connectivity index (χ2n) is 12.3. The Morgan fingerprint density at radius 3 is 2.47 bits per heavy atom. The van der Waals surface area contributed by atoms with Gasteiger partial charge in [-0.3, -0.25) is 9.59 Å². The number of fused-ring (bicyclic) bond motifs is 5. The van der Waals surface area contributed by atoms with E-state index in [9.17, 15) is 35.1 Å². The quantitative estimate of drug-likeness (QED) is 0.368. The van der Waals surface area contributed by atoms with E-state index in [1.807, 2.05) is 6.92 Å². The number of Topliss-reactive ketones (excluding diaryl/α,β-unsaturated/α-hetero) is 1. The molecule has 0 bridgehead atoms. The summed E-state index contributed by atoms with van der Waals surface area (Å²) in [6.45, 7) is 5.11. The molecule has 0 amide bonds. The Hall–Kier alpha value is -1.20. The Bertz CT molecular complexity index is 948. The first-order chi connectivity index (χ1) is 16.9. The molecule has 4 aliphatic carbocycles. The van der Waals surface area contributed by atoms with Gasteiger partial charge in [0.2, 0.25) is 0 Å². The first-order valence-corrected chi connectivity index (χ1v) is 13.3. The number of ether oxygens (including phenoxy) is 2. The van der Waals surface area contributed by atoms with Crippen molar-refractivity contribution in [3.63, 3.8) is 0 Å². The molecule has 5 rings (SSSR count). The van der Waals surface area contributed by atoms with Crippen LogP contribution >= 0.6 is 0 Å². The molecule has 36 heavy (non-hydrogen) atoms. The third kappa shape index (κ3) is 3.54. The van der Waals surface area contributed by atoms with Gasteiger partial charge in [-0.15, -0.1) is 0 Å². The topological polar surface area (TPSA) is 154 Å². The molecule has 4 fully saturated rings. The normalized spacial score (nSPS) is 52.7. The minimum absolute atomic E-state index is 0.0276. The highest BCUT2D eigenvalue weighted by molar-refractivity contribution is 5.91. The van der Waals surface area contributed by atoms with Crippen molar-refractivity contribution in [2.24, 2.45) is 28.6 Å². The minimum atomic E-state index is -1.59. The number of ketones is 2. The maximum Gasteiger partial charge on any atom is 0.187 e. The summed E-state index contributed by atoms with van der Waals surface area (Å²) in [5.41, 5.74) is -1.21. The van der Waals surface area contributed by atoms with Crippen LogP contribution in [0.25, 0.3) is 0 Å². The molecule has 202 valence electrons. The van der Waals surface area contributed by atoms with Crippen molar-refractivity contribution in [1.29, 1.82) is 0 Å². The summed E-state index contributed by atoms with van der Waals surface area (Å²) in [6.07, 6.45) is -1.97. The Labute approximate surface area is 211 Å². The van der Waals surface area contributed by atoms with Gasteiger partial charge in [0.25, 0.3) is 0 Å². The van der Waals surface area contributed by atoms with E-state index in [0.717, 1.165) is 18.4 Å². The van der Waals surface area contributed by atoms with Crippen LogP contribution in [0.4, 0.5) is 0 Å². The molecule has 9 heteroatoms. The lowest BCUT2D eigenvalue weighted by Crippen LogP contribution is -2.66. The lowest BCUT2D eigenvalue weighted by atomic mass is 9.45. The largest absolute Gasteiger partial charge is 0.394 e. The van der Waals surface area contributed by atoms with Gasteiger partial charge >= 0.3 is 0 Å². The van der Waals surface area contributed by atoms with E-state index in [-0.39, 0.29) is 35.2 Å². The zero-order valence-electron chi connectivity index (χ0n) is 21.3. The number of aliphatic hydroxyl groups is 5. The number of aliphatic hydroxyl groups excluding tert-OH is 4. The van der Waals surface area contributed by atoms with E-state index in [2.05, 4.69) is 6.92 Å². The maximum atomic E-state index is 12.8. The second-order valence-corrected chi connectivity index (χ2v) is 12.3. The highest BCUT2D eigenvalue weighted by Crippen LogP contribution is 2.69. The minimum Gasteiger partial charge on any atom is -0.394 e. The third-order valence-electron chi connectivity index (χ3n) is 10.8.